The van der Waals surface area contributed by atoms with Crippen molar-refractivity contribution in [3.8, 4) is 11.8 Å². The summed E-state index contributed by atoms with van der Waals surface area (Å²) >= 11 is 1.93. The number of ether oxygens (including phenoxy) is 6. The number of amides is 2. The smallest absolute Gasteiger partial charge is 0.350 e. The van der Waals surface area contributed by atoms with E-state index in [0.29, 0.717) is 20.4 Å². The van der Waals surface area contributed by atoms with E-state index in [2.05, 4.69) is 17.2 Å². The Hall–Kier alpha value is -8.03. The minimum Gasteiger partial charge on any atom is -0.463 e. The van der Waals surface area contributed by atoms with Crippen LogP contribution in [0.5, 0.6) is 0 Å². The number of esters is 5. The first kappa shape index (κ1) is 61.5. The summed E-state index contributed by atoms with van der Waals surface area (Å²) in [5, 5.41) is 29.5. The fourth-order valence-electron chi connectivity index (χ4n) is 12.5. The molecule has 3 fully saturated rings. The van der Waals surface area contributed by atoms with E-state index >= 15 is 9.59 Å². The number of aliphatic hydroxyl groups excluding tert-OH is 1. The number of rotatable bonds is 16. The predicted molar refractivity (Wildman–Crippen MR) is 316 cm³/mol. The monoisotopic (exact) mass is 1270 g/mol. The second-order valence-electron chi connectivity index (χ2n) is 22.4. The minimum atomic E-state index is -2.57. The van der Waals surface area contributed by atoms with Crippen LogP contribution in [0, 0.1) is 28.6 Å². The van der Waals surface area contributed by atoms with Gasteiger partial charge in [0.15, 0.2) is 17.5 Å². The molecule has 0 spiro atoms. The number of hydrogen-bond acceptors (Lipinski definition) is 16. The van der Waals surface area contributed by atoms with Gasteiger partial charge in [-0.3, -0.25) is 28.8 Å². The first-order chi connectivity index (χ1) is 40.5. The van der Waals surface area contributed by atoms with Gasteiger partial charge in [-0.25, -0.2) is 9.59 Å². The number of carbonyl (C=O) groups excluding carboxylic acids is 8. The first-order valence-corrected chi connectivity index (χ1v) is 28.9. The Bertz CT molecular complexity index is 3500. The van der Waals surface area contributed by atoms with E-state index in [1.54, 1.807) is 110 Å². The number of ketones is 1. The Labute approximate surface area is 505 Å². The van der Waals surface area contributed by atoms with Crippen LogP contribution >= 0.6 is 22.6 Å². The van der Waals surface area contributed by atoms with Crippen LogP contribution < -0.4 is 10.2 Å². The Morgan fingerprint density at radius 2 is 1.36 bits per heavy atom. The number of para-hydroxylation sites is 1. The zero-order valence-corrected chi connectivity index (χ0v) is 49.9. The van der Waals surface area contributed by atoms with Crippen molar-refractivity contribution in [3.05, 3.63) is 182 Å². The van der Waals surface area contributed by atoms with Crippen molar-refractivity contribution in [1.29, 1.82) is 0 Å². The molecule has 9 rings (SSSR count). The molecule has 18 nitrogen and oxygen atoms in total. The first-order valence-electron chi connectivity index (χ1n) is 27.8. The van der Waals surface area contributed by atoms with Crippen LogP contribution in [0.3, 0.4) is 0 Å². The maximum atomic E-state index is 15.7. The molecule has 4 aliphatic rings. The highest BCUT2D eigenvalue weighted by Gasteiger charge is 2.77. The van der Waals surface area contributed by atoms with Gasteiger partial charge in [-0.2, -0.15) is 0 Å². The molecule has 0 aromatic heterocycles. The van der Waals surface area contributed by atoms with Crippen LogP contribution in [-0.4, -0.2) is 113 Å². The molecule has 3 N–H and O–H groups in total. The summed E-state index contributed by atoms with van der Waals surface area (Å²) in [7, 11) is 0. The topological polar surface area (TPSA) is 248 Å². The third kappa shape index (κ3) is 12.1. The number of Topliss-reactive ketones (excluding diaryl/α,β-unsaturated/α-hetero) is 1. The van der Waals surface area contributed by atoms with Crippen molar-refractivity contribution in [2.24, 2.45) is 16.7 Å². The molecule has 0 unspecified atom stereocenters. The number of halogens is 1. The number of nitrogens with one attached hydrogen (secondary N) is 1. The van der Waals surface area contributed by atoms with Crippen molar-refractivity contribution in [3.63, 3.8) is 0 Å². The van der Waals surface area contributed by atoms with E-state index in [0.717, 1.165) is 25.0 Å². The van der Waals surface area contributed by atoms with Gasteiger partial charge in [0.2, 0.25) is 12.0 Å². The van der Waals surface area contributed by atoms with E-state index in [-0.39, 0.29) is 42.7 Å². The second-order valence-corrected chi connectivity index (χ2v) is 24.0. The molecule has 1 saturated heterocycles. The van der Waals surface area contributed by atoms with Crippen LogP contribution in [0.4, 0.5) is 5.69 Å². The Kier molecular flexibility index (Phi) is 18.3. The SMILES string of the molecule is CC(=O)O[C@H]1C(=O)[C@@]2(C)[C@H]([C@H](OC(=O)c3ccccc3)[C@](O)(CCOC(=O)[C@H](OC(=O)CCC(=O)N3Cc4ccccc4C#Cc4ccccc43)[C@@H](NC(=O)c3ccccc3)c3ccccc3)C(C)(C)/C1=C(/C)I)[C@]1(OC(C)=O)CO[C@@H]1C[C@@H]2O. The maximum Gasteiger partial charge on any atom is 0.350 e. The Morgan fingerprint density at radius 3 is 1.99 bits per heavy atom. The quantitative estimate of drug-likeness (QED) is 0.0366. The lowest BCUT2D eigenvalue weighted by atomic mass is 9.46. The summed E-state index contributed by atoms with van der Waals surface area (Å²) in [5.74, 6) is -2.23. The van der Waals surface area contributed by atoms with Crippen LogP contribution in [0.1, 0.15) is 116 Å². The summed E-state index contributed by atoms with van der Waals surface area (Å²) in [5.41, 5.74) is -5.25. The standard InChI is InChI=1S/C66H65IN2O16/c1-39(67)53-55(82-40(2)70)58(75)64(6)49(72)36-50-65(38-81-50,85-41(3)71)57(64)59(84-61(77)46-26-14-9-15-27-46)66(79,63(53,4)5)34-35-80-62(78)56(54(44-22-10-7-11-23-44)68-60(76)45-24-12-8-13-25-45)83-52(74)33-32-51(73)69-37-47-28-17-16-20-42(47)30-31-43-21-18-19-29-48(43)69/h7-29,49-50,54-57,59,72,79H,32-38H2,1-6H3,(H,68,76)/b53-39-/t49-,50+,54-,55+,56+,57-,59-,64+,65-,66+/m0/s1. The minimum absolute atomic E-state index is 0.0179. The van der Waals surface area contributed by atoms with E-state index in [1.807, 2.05) is 46.9 Å². The van der Waals surface area contributed by atoms with Crippen molar-refractivity contribution in [1.82, 2.24) is 5.32 Å². The van der Waals surface area contributed by atoms with Gasteiger partial charge in [-0.05, 0) is 99.2 Å². The Morgan fingerprint density at radius 1 is 0.765 bits per heavy atom. The number of benzene rings is 5. The molecule has 442 valence electrons. The molecular weight excluding hydrogens is 1200 g/mol. The molecule has 10 atom stereocenters. The van der Waals surface area contributed by atoms with Crippen LogP contribution in [0.2, 0.25) is 0 Å². The van der Waals surface area contributed by atoms with Crippen LogP contribution in [0.15, 0.2) is 149 Å². The average Bonchev–Trinajstić information content (AvgIpc) is 0.685. The van der Waals surface area contributed by atoms with Crippen molar-refractivity contribution in [2.75, 3.05) is 18.1 Å². The highest BCUT2D eigenvalue weighted by atomic mass is 127. The lowest BCUT2D eigenvalue weighted by molar-refractivity contribution is -0.344. The fraction of sp³-hybridized carbons (Fsp3) is 0.364. The number of aliphatic hydroxyl groups is 2. The van der Waals surface area contributed by atoms with E-state index in [1.165, 1.54) is 37.8 Å². The van der Waals surface area contributed by atoms with Gasteiger partial charge in [0, 0.05) is 55.2 Å². The second kappa shape index (κ2) is 25.3. The summed E-state index contributed by atoms with van der Waals surface area (Å²) in [6.45, 7) is 7.27. The molecule has 2 aliphatic carbocycles. The van der Waals surface area contributed by atoms with Crippen molar-refractivity contribution in [2.45, 2.75) is 122 Å². The molecule has 2 amide bonds. The van der Waals surface area contributed by atoms with Gasteiger partial charge in [-0.1, -0.05) is 123 Å². The van der Waals surface area contributed by atoms with Crippen LogP contribution in [-0.2, 0) is 63.7 Å². The third-order valence-corrected chi connectivity index (χ3v) is 17.4. The van der Waals surface area contributed by atoms with Gasteiger partial charge >= 0.3 is 29.8 Å². The number of anilines is 1. The average molecular weight is 1270 g/mol. The highest BCUT2D eigenvalue weighted by Crippen LogP contribution is 2.63. The zero-order valence-electron chi connectivity index (χ0n) is 47.7. The zero-order chi connectivity index (χ0) is 61.0. The maximum absolute atomic E-state index is 15.7. The molecule has 0 radical (unpaired) electrons. The number of hydrogen-bond donors (Lipinski definition) is 3. The fourth-order valence-corrected chi connectivity index (χ4v) is 13.4. The lowest BCUT2D eigenvalue weighted by Gasteiger charge is -2.66. The van der Waals surface area contributed by atoms with Crippen LogP contribution in [0.25, 0.3) is 0 Å². The number of allylic oxidation sites excluding steroid dienone is 1. The molecule has 2 aliphatic heterocycles. The third-order valence-electron chi connectivity index (χ3n) is 16.9. The molecule has 2 heterocycles. The molecule has 85 heavy (non-hydrogen) atoms. The number of carbonyl (C=O) groups is 8. The van der Waals surface area contributed by atoms with Gasteiger partial charge in [0.25, 0.3) is 5.91 Å². The summed E-state index contributed by atoms with van der Waals surface area (Å²) in [4.78, 5) is 117. The lowest BCUT2D eigenvalue weighted by Crippen LogP contribution is -2.81. The molecule has 5 aromatic rings. The Balaban J connectivity index is 1.11. The highest BCUT2D eigenvalue weighted by molar-refractivity contribution is 14.1. The summed E-state index contributed by atoms with van der Waals surface area (Å²) in [6, 6.07) is 37.2. The number of nitrogens with zero attached hydrogens (tertiary/aromatic N) is 1. The molecule has 5 aromatic carbocycles. The predicted octanol–water partition coefficient (Wildman–Crippen LogP) is 8.02. The molecule has 0 bridgehead atoms. The van der Waals surface area contributed by atoms with Gasteiger partial charge < -0.3 is 48.9 Å². The van der Waals surface area contributed by atoms with Crippen molar-refractivity contribution < 1.29 is 77.0 Å². The van der Waals surface area contributed by atoms with Gasteiger partial charge in [0.1, 0.15) is 23.9 Å². The molecule has 19 heteroatoms. The van der Waals surface area contributed by atoms with E-state index in [4.69, 9.17) is 28.4 Å². The van der Waals surface area contributed by atoms with Gasteiger partial charge in [-0.15, -0.1) is 0 Å². The molecular formula is C66H65IN2O16. The van der Waals surface area contributed by atoms with E-state index < -0.39 is 131 Å². The summed E-state index contributed by atoms with van der Waals surface area (Å²) < 4.78 is 37.2. The summed E-state index contributed by atoms with van der Waals surface area (Å²) in [6.07, 6.45) is -10.4. The normalized spacial score (nSPS) is 25.7. The largest absolute Gasteiger partial charge is 0.463 e. The van der Waals surface area contributed by atoms with Crippen molar-refractivity contribution >= 4 is 75.7 Å². The number of fused-ring (bicyclic) bond motifs is 5. The van der Waals surface area contributed by atoms with Gasteiger partial charge in [0.05, 0.1) is 54.9 Å². The molecule has 2 saturated carbocycles. The van der Waals surface area contributed by atoms with E-state index in [9.17, 15) is 39.0 Å².